The minimum absolute atomic E-state index is 0. The van der Waals surface area contributed by atoms with Crippen LogP contribution in [0.4, 0.5) is 0 Å². The van der Waals surface area contributed by atoms with Gasteiger partial charge in [-0.1, -0.05) is 41.4 Å². The lowest BCUT2D eigenvalue weighted by molar-refractivity contribution is 0.112. The van der Waals surface area contributed by atoms with E-state index in [1.54, 1.807) is 60.4 Å². The van der Waals surface area contributed by atoms with Crippen LogP contribution in [0.5, 0.6) is 0 Å². The summed E-state index contributed by atoms with van der Waals surface area (Å²) in [5.74, 6) is 0.346. The first-order chi connectivity index (χ1) is 14.3. The molecule has 31 heavy (non-hydrogen) atoms. The summed E-state index contributed by atoms with van der Waals surface area (Å²) < 4.78 is 2.69. The molecule has 0 radical (unpaired) electrons. The number of aromatic nitrogens is 5. The maximum absolute atomic E-state index is 12.0. The number of benzene rings is 2. The lowest BCUT2D eigenvalue weighted by Gasteiger charge is -2.30. The van der Waals surface area contributed by atoms with Crippen molar-refractivity contribution >= 4 is 23.2 Å². The molecule has 4 N–H and O–H groups in total. The maximum Gasteiger partial charge on any atom is 0.349 e. The number of imidazole rings is 1. The van der Waals surface area contributed by atoms with Crippen molar-refractivity contribution < 1.29 is 10.6 Å². The van der Waals surface area contributed by atoms with Gasteiger partial charge in [0.1, 0.15) is 12.0 Å². The number of aromatic amines is 1. The van der Waals surface area contributed by atoms with Gasteiger partial charge in [0, 0.05) is 35.1 Å². The fourth-order valence-corrected chi connectivity index (χ4v) is 3.71. The fraction of sp³-hybridized carbons (Fsp3) is 0.100. The van der Waals surface area contributed by atoms with E-state index < -0.39 is 16.9 Å². The smallest absolute Gasteiger partial charge is 0.349 e. The standard InChI is InChI=1S/C20H15Cl2N5O3.H2O/c1-26-9-8-23-18(26)20(30,12-2-4-13(21)5-3-12)15-7-6-14(10-16(15)22)27-19(29)25-17(28)11-24-27;/h2-11,30H,1H3,(H,25,28,29);1H2. The van der Waals surface area contributed by atoms with E-state index in [4.69, 9.17) is 23.2 Å². The van der Waals surface area contributed by atoms with Crippen LogP contribution in [-0.2, 0) is 12.6 Å². The zero-order chi connectivity index (χ0) is 21.5. The first-order valence-electron chi connectivity index (χ1n) is 8.76. The molecule has 0 amide bonds. The first-order valence-corrected chi connectivity index (χ1v) is 9.51. The summed E-state index contributed by atoms with van der Waals surface area (Å²) in [5.41, 5.74) is -1.82. The van der Waals surface area contributed by atoms with Gasteiger partial charge >= 0.3 is 5.69 Å². The van der Waals surface area contributed by atoms with Gasteiger partial charge in [-0.05, 0) is 29.8 Å². The van der Waals surface area contributed by atoms with Gasteiger partial charge in [0.15, 0.2) is 5.60 Å². The molecule has 0 aliphatic carbocycles. The highest BCUT2D eigenvalue weighted by molar-refractivity contribution is 6.31. The highest BCUT2D eigenvalue weighted by Gasteiger charge is 2.39. The van der Waals surface area contributed by atoms with Gasteiger partial charge < -0.3 is 15.1 Å². The fourth-order valence-electron chi connectivity index (χ4n) is 3.28. The Balaban J connectivity index is 0.00000272. The zero-order valence-electron chi connectivity index (χ0n) is 16.1. The predicted octanol–water partition coefficient (Wildman–Crippen LogP) is 1.42. The van der Waals surface area contributed by atoms with Gasteiger partial charge in [-0.2, -0.15) is 9.78 Å². The Kier molecular flexibility index (Phi) is 6.14. The van der Waals surface area contributed by atoms with Crippen molar-refractivity contribution in [2.45, 2.75) is 5.60 Å². The third-order valence-electron chi connectivity index (χ3n) is 4.71. The molecule has 0 fully saturated rings. The third-order valence-corrected chi connectivity index (χ3v) is 5.27. The van der Waals surface area contributed by atoms with Crippen LogP contribution in [0.1, 0.15) is 17.0 Å². The van der Waals surface area contributed by atoms with Crippen molar-refractivity contribution in [1.82, 2.24) is 24.3 Å². The van der Waals surface area contributed by atoms with E-state index in [9.17, 15) is 14.7 Å². The minimum atomic E-state index is -1.69. The number of hydrogen-bond acceptors (Lipinski definition) is 5. The first kappa shape index (κ1) is 22.4. The lowest BCUT2D eigenvalue weighted by Crippen LogP contribution is -2.33. The van der Waals surface area contributed by atoms with E-state index in [0.717, 1.165) is 10.9 Å². The number of aryl methyl sites for hydroxylation is 1. The van der Waals surface area contributed by atoms with Crippen LogP contribution in [0.25, 0.3) is 5.69 Å². The van der Waals surface area contributed by atoms with E-state index in [0.29, 0.717) is 27.7 Å². The second kappa shape index (κ2) is 8.48. The normalized spacial score (nSPS) is 12.8. The van der Waals surface area contributed by atoms with E-state index >= 15 is 0 Å². The molecule has 0 aliphatic rings. The molecular weight excluding hydrogens is 445 g/mol. The monoisotopic (exact) mass is 461 g/mol. The third kappa shape index (κ3) is 3.91. The molecule has 160 valence electrons. The molecule has 0 saturated heterocycles. The van der Waals surface area contributed by atoms with Crippen molar-refractivity contribution in [2.75, 3.05) is 0 Å². The Labute approximate surface area is 185 Å². The summed E-state index contributed by atoms with van der Waals surface area (Å²) in [6.07, 6.45) is 4.27. The topological polar surface area (TPSA) is 137 Å². The molecule has 1 atom stereocenters. The molecule has 0 saturated carbocycles. The molecule has 4 aromatic rings. The van der Waals surface area contributed by atoms with Crippen molar-refractivity contribution in [3.8, 4) is 5.69 Å². The summed E-state index contributed by atoms with van der Waals surface area (Å²) in [6, 6.07) is 11.3. The molecule has 2 aromatic carbocycles. The molecule has 4 rings (SSSR count). The maximum atomic E-state index is 12.0. The Morgan fingerprint density at radius 2 is 1.81 bits per heavy atom. The predicted molar refractivity (Wildman–Crippen MR) is 116 cm³/mol. The molecular formula is C20H17Cl2N5O4. The number of rotatable bonds is 4. The lowest BCUT2D eigenvalue weighted by atomic mass is 9.85. The Bertz CT molecular complexity index is 1350. The van der Waals surface area contributed by atoms with Crippen LogP contribution in [0.2, 0.25) is 10.0 Å². The van der Waals surface area contributed by atoms with Gasteiger partial charge in [-0.3, -0.25) is 9.78 Å². The van der Waals surface area contributed by atoms with Crippen molar-refractivity contribution in [3.63, 3.8) is 0 Å². The Hall–Kier alpha value is -3.24. The Morgan fingerprint density at radius 3 is 2.39 bits per heavy atom. The number of aliphatic hydroxyl groups is 1. The molecule has 2 aromatic heterocycles. The van der Waals surface area contributed by atoms with E-state index in [1.165, 1.54) is 6.07 Å². The van der Waals surface area contributed by atoms with Crippen LogP contribution in [0.3, 0.4) is 0 Å². The molecule has 9 nitrogen and oxygen atoms in total. The molecule has 0 spiro atoms. The van der Waals surface area contributed by atoms with Gasteiger partial charge in [0.05, 0.1) is 5.69 Å². The van der Waals surface area contributed by atoms with E-state index in [2.05, 4.69) is 15.1 Å². The summed E-state index contributed by atoms with van der Waals surface area (Å²) in [5, 5.41) is 16.4. The van der Waals surface area contributed by atoms with E-state index in [1.807, 2.05) is 0 Å². The van der Waals surface area contributed by atoms with Crippen molar-refractivity contribution in [2.24, 2.45) is 7.05 Å². The summed E-state index contributed by atoms with van der Waals surface area (Å²) >= 11 is 12.6. The van der Waals surface area contributed by atoms with Crippen LogP contribution >= 0.6 is 23.2 Å². The van der Waals surface area contributed by atoms with Gasteiger partial charge in [-0.25, -0.2) is 9.78 Å². The highest BCUT2D eigenvalue weighted by Crippen LogP contribution is 2.40. The number of nitrogens with one attached hydrogen (secondary N) is 1. The average molecular weight is 462 g/mol. The molecule has 2 heterocycles. The van der Waals surface area contributed by atoms with Crippen LogP contribution in [0, 0.1) is 0 Å². The van der Waals surface area contributed by atoms with Crippen LogP contribution in [0.15, 0.2) is 70.6 Å². The van der Waals surface area contributed by atoms with Crippen molar-refractivity contribution in [1.29, 1.82) is 0 Å². The summed E-state index contributed by atoms with van der Waals surface area (Å²) in [4.78, 5) is 29.8. The Morgan fingerprint density at radius 1 is 1.10 bits per heavy atom. The summed E-state index contributed by atoms with van der Waals surface area (Å²) in [6.45, 7) is 0. The second-order valence-electron chi connectivity index (χ2n) is 6.59. The zero-order valence-corrected chi connectivity index (χ0v) is 17.6. The van der Waals surface area contributed by atoms with Gasteiger partial charge in [0.2, 0.25) is 0 Å². The quantitative estimate of drug-likeness (QED) is 0.473. The average Bonchev–Trinajstić information content (AvgIpc) is 3.14. The second-order valence-corrected chi connectivity index (χ2v) is 7.44. The molecule has 11 heteroatoms. The molecule has 0 bridgehead atoms. The summed E-state index contributed by atoms with van der Waals surface area (Å²) in [7, 11) is 1.76. The molecule has 1 unspecified atom stereocenters. The number of nitrogens with zero attached hydrogens (tertiary/aromatic N) is 4. The van der Waals surface area contributed by atoms with Gasteiger partial charge in [0.25, 0.3) is 5.56 Å². The highest BCUT2D eigenvalue weighted by atomic mass is 35.5. The van der Waals surface area contributed by atoms with E-state index in [-0.39, 0.29) is 10.5 Å². The van der Waals surface area contributed by atoms with Crippen LogP contribution < -0.4 is 11.2 Å². The van der Waals surface area contributed by atoms with Crippen molar-refractivity contribution in [3.05, 3.63) is 109 Å². The number of hydrogen-bond donors (Lipinski definition) is 2. The van der Waals surface area contributed by atoms with Crippen LogP contribution in [-0.4, -0.2) is 34.9 Å². The number of H-pyrrole nitrogens is 1. The van der Waals surface area contributed by atoms with Gasteiger partial charge in [-0.15, -0.1) is 0 Å². The SMILES string of the molecule is Cn1ccnc1C(O)(c1ccc(Cl)cc1)c1ccc(-n2ncc(=O)[nH]c2=O)cc1Cl.O. The minimum Gasteiger partial charge on any atom is -0.412 e. The number of halogens is 2. The molecule has 0 aliphatic heterocycles. The largest absolute Gasteiger partial charge is 0.412 e.